The average Bonchev–Trinajstić information content (AvgIpc) is 2.48. The Morgan fingerprint density at radius 2 is 2.23 bits per heavy atom. The molecular formula is C11H20O2. The standard InChI is InChI=1S/C11H20O2/c1-3-13-11(12)8-7-10-6-4-5-9(10)2/h9-10H,3-8H2,1-2H3/t9-,10?/m1/s1. The van der Waals surface area contributed by atoms with Crippen molar-refractivity contribution in [2.45, 2.75) is 46.0 Å². The van der Waals surface area contributed by atoms with E-state index in [4.69, 9.17) is 4.74 Å². The van der Waals surface area contributed by atoms with Gasteiger partial charge in [-0.15, -0.1) is 0 Å². The molecule has 2 heteroatoms. The highest BCUT2D eigenvalue weighted by Crippen LogP contribution is 2.34. The van der Waals surface area contributed by atoms with Gasteiger partial charge in [-0.1, -0.05) is 26.2 Å². The summed E-state index contributed by atoms with van der Waals surface area (Å²) in [6.07, 6.45) is 5.63. The molecule has 0 amide bonds. The van der Waals surface area contributed by atoms with Gasteiger partial charge >= 0.3 is 5.97 Å². The number of carbonyl (C=O) groups is 1. The summed E-state index contributed by atoms with van der Waals surface area (Å²) in [5, 5.41) is 0. The Morgan fingerprint density at radius 1 is 1.46 bits per heavy atom. The third-order valence-corrected chi connectivity index (χ3v) is 3.06. The summed E-state index contributed by atoms with van der Waals surface area (Å²) in [4.78, 5) is 11.1. The summed E-state index contributed by atoms with van der Waals surface area (Å²) in [6, 6.07) is 0. The van der Waals surface area contributed by atoms with Gasteiger partial charge in [-0.3, -0.25) is 4.79 Å². The topological polar surface area (TPSA) is 26.3 Å². The molecule has 1 rings (SSSR count). The fraction of sp³-hybridized carbons (Fsp3) is 0.909. The summed E-state index contributed by atoms with van der Waals surface area (Å²) in [6.45, 7) is 4.66. The molecule has 1 saturated carbocycles. The van der Waals surface area contributed by atoms with E-state index in [2.05, 4.69) is 6.92 Å². The van der Waals surface area contributed by atoms with Crippen molar-refractivity contribution in [1.82, 2.24) is 0 Å². The Balaban J connectivity index is 2.14. The SMILES string of the molecule is CCOC(=O)CCC1CCC[C@H]1C. The van der Waals surface area contributed by atoms with E-state index >= 15 is 0 Å². The summed E-state index contributed by atoms with van der Waals surface area (Å²) >= 11 is 0. The molecular weight excluding hydrogens is 164 g/mol. The molecule has 1 unspecified atom stereocenters. The first-order valence-electron chi connectivity index (χ1n) is 5.39. The summed E-state index contributed by atoms with van der Waals surface area (Å²) in [5.74, 6) is 1.56. The molecule has 0 saturated heterocycles. The van der Waals surface area contributed by atoms with Gasteiger partial charge in [0.2, 0.25) is 0 Å². The highest BCUT2D eigenvalue weighted by Gasteiger charge is 2.23. The molecule has 1 aliphatic rings. The molecule has 1 fully saturated rings. The van der Waals surface area contributed by atoms with E-state index in [-0.39, 0.29) is 5.97 Å². The van der Waals surface area contributed by atoms with Crippen LogP contribution in [0.4, 0.5) is 0 Å². The first-order chi connectivity index (χ1) is 6.24. The molecule has 0 N–H and O–H groups in total. The third-order valence-electron chi connectivity index (χ3n) is 3.06. The van der Waals surface area contributed by atoms with Crippen molar-refractivity contribution in [2.75, 3.05) is 6.61 Å². The molecule has 0 aromatic carbocycles. The van der Waals surface area contributed by atoms with Crippen molar-refractivity contribution < 1.29 is 9.53 Å². The van der Waals surface area contributed by atoms with Crippen molar-refractivity contribution in [2.24, 2.45) is 11.8 Å². The van der Waals surface area contributed by atoms with Crippen LogP contribution in [0, 0.1) is 11.8 Å². The summed E-state index contributed by atoms with van der Waals surface area (Å²) in [5.41, 5.74) is 0. The van der Waals surface area contributed by atoms with Crippen LogP contribution in [0.1, 0.15) is 46.0 Å². The van der Waals surface area contributed by atoms with Crippen LogP contribution >= 0.6 is 0 Å². The van der Waals surface area contributed by atoms with Gasteiger partial charge in [0.15, 0.2) is 0 Å². The molecule has 0 heterocycles. The maximum Gasteiger partial charge on any atom is 0.305 e. The number of hydrogen-bond acceptors (Lipinski definition) is 2. The molecule has 0 spiro atoms. The number of carbonyl (C=O) groups excluding carboxylic acids is 1. The van der Waals surface area contributed by atoms with Gasteiger partial charge in [-0.05, 0) is 25.2 Å². The Kier molecular flexibility index (Phi) is 4.26. The Hall–Kier alpha value is -0.530. The van der Waals surface area contributed by atoms with Gasteiger partial charge in [0.05, 0.1) is 6.61 Å². The monoisotopic (exact) mass is 184 g/mol. The third kappa shape index (κ3) is 3.37. The van der Waals surface area contributed by atoms with E-state index in [1.165, 1.54) is 19.3 Å². The second kappa shape index (κ2) is 5.25. The minimum absolute atomic E-state index is 0.0263. The normalized spacial score (nSPS) is 27.5. The van der Waals surface area contributed by atoms with Crippen LogP contribution in [0.15, 0.2) is 0 Å². The lowest BCUT2D eigenvalue weighted by Crippen LogP contribution is -2.09. The summed E-state index contributed by atoms with van der Waals surface area (Å²) in [7, 11) is 0. The van der Waals surface area contributed by atoms with Gasteiger partial charge in [0.25, 0.3) is 0 Å². The molecule has 0 bridgehead atoms. The largest absolute Gasteiger partial charge is 0.466 e. The zero-order valence-corrected chi connectivity index (χ0v) is 8.71. The predicted octanol–water partition coefficient (Wildman–Crippen LogP) is 2.77. The van der Waals surface area contributed by atoms with E-state index in [0.717, 1.165) is 18.3 Å². The molecule has 0 aromatic heterocycles. The molecule has 0 aromatic rings. The van der Waals surface area contributed by atoms with Crippen LogP contribution < -0.4 is 0 Å². The van der Waals surface area contributed by atoms with Crippen molar-refractivity contribution in [3.05, 3.63) is 0 Å². The van der Waals surface area contributed by atoms with Crippen LogP contribution in [0.2, 0.25) is 0 Å². The lowest BCUT2D eigenvalue weighted by Gasteiger charge is -2.13. The lowest BCUT2D eigenvalue weighted by molar-refractivity contribution is -0.143. The van der Waals surface area contributed by atoms with Crippen molar-refractivity contribution in [1.29, 1.82) is 0 Å². The zero-order chi connectivity index (χ0) is 9.68. The van der Waals surface area contributed by atoms with Crippen molar-refractivity contribution >= 4 is 5.97 Å². The number of ether oxygens (including phenoxy) is 1. The van der Waals surface area contributed by atoms with E-state index in [0.29, 0.717) is 13.0 Å². The van der Waals surface area contributed by atoms with Crippen molar-refractivity contribution in [3.8, 4) is 0 Å². The van der Waals surface area contributed by atoms with Crippen molar-refractivity contribution in [3.63, 3.8) is 0 Å². The average molecular weight is 184 g/mol. The molecule has 76 valence electrons. The Morgan fingerprint density at radius 3 is 2.77 bits per heavy atom. The lowest BCUT2D eigenvalue weighted by atomic mass is 9.93. The maximum absolute atomic E-state index is 11.1. The molecule has 2 nitrogen and oxygen atoms in total. The van der Waals surface area contributed by atoms with Gasteiger partial charge in [0, 0.05) is 6.42 Å². The highest BCUT2D eigenvalue weighted by atomic mass is 16.5. The van der Waals surface area contributed by atoms with Crippen LogP contribution in [-0.2, 0) is 9.53 Å². The van der Waals surface area contributed by atoms with E-state index in [9.17, 15) is 4.79 Å². The van der Waals surface area contributed by atoms with Gasteiger partial charge in [-0.2, -0.15) is 0 Å². The first kappa shape index (κ1) is 10.6. The van der Waals surface area contributed by atoms with Gasteiger partial charge < -0.3 is 4.74 Å². The van der Waals surface area contributed by atoms with Gasteiger partial charge in [0.1, 0.15) is 0 Å². The Labute approximate surface area is 80.7 Å². The van der Waals surface area contributed by atoms with E-state index in [1.54, 1.807) is 0 Å². The number of rotatable bonds is 4. The minimum atomic E-state index is -0.0263. The van der Waals surface area contributed by atoms with E-state index < -0.39 is 0 Å². The summed E-state index contributed by atoms with van der Waals surface area (Å²) < 4.78 is 4.90. The smallest absolute Gasteiger partial charge is 0.305 e. The van der Waals surface area contributed by atoms with Crippen LogP contribution in [0.5, 0.6) is 0 Å². The van der Waals surface area contributed by atoms with Gasteiger partial charge in [-0.25, -0.2) is 0 Å². The van der Waals surface area contributed by atoms with Crippen LogP contribution in [-0.4, -0.2) is 12.6 Å². The minimum Gasteiger partial charge on any atom is -0.466 e. The first-order valence-corrected chi connectivity index (χ1v) is 5.39. The molecule has 0 radical (unpaired) electrons. The Bertz CT molecular complexity index is 165. The second-order valence-electron chi connectivity index (χ2n) is 4.01. The fourth-order valence-corrected chi connectivity index (χ4v) is 2.19. The van der Waals surface area contributed by atoms with Crippen LogP contribution in [0.25, 0.3) is 0 Å². The van der Waals surface area contributed by atoms with Crippen LogP contribution in [0.3, 0.4) is 0 Å². The maximum atomic E-state index is 11.1. The molecule has 2 atom stereocenters. The zero-order valence-electron chi connectivity index (χ0n) is 8.71. The quantitative estimate of drug-likeness (QED) is 0.628. The molecule has 0 aliphatic heterocycles. The van der Waals surface area contributed by atoms with E-state index in [1.807, 2.05) is 6.92 Å². The predicted molar refractivity (Wildman–Crippen MR) is 52.4 cm³/mol. The fourth-order valence-electron chi connectivity index (χ4n) is 2.19. The highest BCUT2D eigenvalue weighted by molar-refractivity contribution is 5.69. The molecule has 1 aliphatic carbocycles. The number of esters is 1. The molecule has 13 heavy (non-hydrogen) atoms. The second-order valence-corrected chi connectivity index (χ2v) is 4.01. The number of hydrogen-bond donors (Lipinski definition) is 0.